The predicted octanol–water partition coefficient (Wildman–Crippen LogP) is 3.33. The van der Waals surface area contributed by atoms with E-state index < -0.39 is 0 Å². The van der Waals surface area contributed by atoms with E-state index in [1.54, 1.807) is 0 Å². The largest absolute Gasteiger partial charge is 0.325 e. The molecule has 1 saturated carbocycles. The second kappa shape index (κ2) is 4.45. The first-order valence-electron chi connectivity index (χ1n) is 5.84. The van der Waals surface area contributed by atoms with Crippen LogP contribution in [0.3, 0.4) is 0 Å². The van der Waals surface area contributed by atoms with Gasteiger partial charge in [0.25, 0.3) is 0 Å². The van der Waals surface area contributed by atoms with Crippen LogP contribution in [0, 0.1) is 11.8 Å². The molecule has 0 aromatic rings. The average Bonchev–Trinajstić information content (AvgIpc) is 2.02. The van der Waals surface area contributed by atoms with Gasteiger partial charge in [0.1, 0.15) is 0 Å². The zero-order valence-electron chi connectivity index (χ0n) is 9.47. The van der Waals surface area contributed by atoms with Gasteiger partial charge in [0.2, 0.25) is 0 Å². The van der Waals surface area contributed by atoms with E-state index in [-0.39, 0.29) is 5.54 Å². The van der Waals surface area contributed by atoms with Gasteiger partial charge < -0.3 is 5.73 Å². The van der Waals surface area contributed by atoms with Crippen molar-refractivity contribution >= 4 is 0 Å². The number of hydrogen-bond donors (Lipinski definition) is 1. The molecular weight excluding hydrogens is 158 g/mol. The van der Waals surface area contributed by atoms with Crippen LogP contribution in [0.2, 0.25) is 0 Å². The van der Waals surface area contributed by atoms with E-state index in [2.05, 4.69) is 20.8 Å². The molecule has 2 atom stereocenters. The Kier molecular flexibility index (Phi) is 3.78. The first-order chi connectivity index (χ1) is 6.06. The van der Waals surface area contributed by atoms with Crippen molar-refractivity contribution < 1.29 is 0 Å². The standard InChI is InChI=1S/C12H25N/c1-4-11-6-5-7-12(13,9-11)8-10(2)3/h10-11H,4-9,13H2,1-3H3. The molecule has 0 aromatic heterocycles. The summed E-state index contributed by atoms with van der Waals surface area (Å²) in [4.78, 5) is 0. The van der Waals surface area contributed by atoms with Gasteiger partial charge in [0.05, 0.1) is 0 Å². The second-order valence-corrected chi connectivity index (χ2v) is 5.33. The summed E-state index contributed by atoms with van der Waals surface area (Å²) in [6.07, 6.45) is 7.80. The highest BCUT2D eigenvalue weighted by Crippen LogP contribution is 2.36. The molecule has 0 amide bonds. The number of rotatable bonds is 3. The molecule has 2 N–H and O–H groups in total. The van der Waals surface area contributed by atoms with Crippen molar-refractivity contribution in [1.82, 2.24) is 0 Å². The molecule has 0 heterocycles. The van der Waals surface area contributed by atoms with Gasteiger partial charge in [-0.25, -0.2) is 0 Å². The molecule has 2 unspecified atom stereocenters. The molecule has 1 fully saturated rings. The lowest BCUT2D eigenvalue weighted by molar-refractivity contribution is 0.191. The fourth-order valence-electron chi connectivity index (χ4n) is 2.87. The smallest absolute Gasteiger partial charge is 0.0159 e. The molecular formula is C12H25N. The van der Waals surface area contributed by atoms with Crippen LogP contribution in [0.1, 0.15) is 59.3 Å². The lowest BCUT2D eigenvalue weighted by Gasteiger charge is -2.39. The molecule has 0 bridgehead atoms. The fourth-order valence-corrected chi connectivity index (χ4v) is 2.87. The van der Waals surface area contributed by atoms with Crippen molar-refractivity contribution in [2.24, 2.45) is 17.6 Å². The minimum absolute atomic E-state index is 0.174. The van der Waals surface area contributed by atoms with Crippen molar-refractivity contribution in [3.8, 4) is 0 Å². The van der Waals surface area contributed by atoms with Gasteiger partial charge in [0, 0.05) is 5.54 Å². The Balaban J connectivity index is 2.47. The van der Waals surface area contributed by atoms with E-state index in [9.17, 15) is 0 Å². The summed E-state index contributed by atoms with van der Waals surface area (Å²) in [6, 6.07) is 0. The van der Waals surface area contributed by atoms with E-state index in [1.807, 2.05) is 0 Å². The molecule has 0 saturated heterocycles. The van der Waals surface area contributed by atoms with E-state index >= 15 is 0 Å². The highest BCUT2D eigenvalue weighted by Gasteiger charge is 2.32. The van der Waals surface area contributed by atoms with Gasteiger partial charge in [-0.15, -0.1) is 0 Å². The van der Waals surface area contributed by atoms with E-state index in [0.717, 1.165) is 11.8 Å². The van der Waals surface area contributed by atoms with Gasteiger partial charge >= 0.3 is 0 Å². The molecule has 0 spiro atoms. The third kappa shape index (κ3) is 3.30. The molecule has 1 nitrogen and oxygen atoms in total. The maximum absolute atomic E-state index is 6.43. The van der Waals surface area contributed by atoms with Gasteiger partial charge in [-0.2, -0.15) is 0 Å². The van der Waals surface area contributed by atoms with Crippen LogP contribution in [-0.2, 0) is 0 Å². The second-order valence-electron chi connectivity index (χ2n) is 5.33. The van der Waals surface area contributed by atoms with Crippen molar-refractivity contribution in [3.63, 3.8) is 0 Å². The molecule has 1 aliphatic carbocycles. The van der Waals surface area contributed by atoms with E-state index in [4.69, 9.17) is 5.73 Å². The van der Waals surface area contributed by atoms with Crippen LogP contribution in [-0.4, -0.2) is 5.54 Å². The zero-order chi connectivity index (χ0) is 9.90. The third-order valence-corrected chi connectivity index (χ3v) is 3.37. The van der Waals surface area contributed by atoms with E-state index in [1.165, 1.54) is 38.5 Å². The topological polar surface area (TPSA) is 26.0 Å². The first kappa shape index (κ1) is 11.0. The summed E-state index contributed by atoms with van der Waals surface area (Å²) in [5.74, 6) is 1.65. The van der Waals surface area contributed by atoms with Crippen LogP contribution in [0.4, 0.5) is 0 Å². The van der Waals surface area contributed by atoms with E-state index in [0.29, 0.717) is 0 Å². The van der Waals surface area contributed by atoms with Crippen LogP contribution >= 0.6 is 0 Å². The van der Waals surface area contributed by atoms with Crippen molar-refractivity contribution in [3.05, 3.63) is 0 Å². The number of nitrogens with two attached hydrogens (primary N) is 1. The van der Waals surface area contributed by atoms with Crippen molar-refractivity contribution in [2.75, 3.05) is 0 Å². The predicted molar refractivity (Wildman–Crippen MR) is 58.6 cm³/mol. The lowest BCUT2D eigenvalue weighted by Crippen LogP contribution is -2.45. The summed E-state index contributed by atoms with van der Waals surface area (Å²) >= 11 is 0. The summed E-state index contributed by atoms with van der Waals surface area (Å²) in [5.41, 5.74) is 6.60. The molecule has 78 valence electrons. The van der Waals surface area contributed by atoms with Crippen LogP contribution in [0.5, 0.6) is 0 Å². The summed E-state index contributed by atoms with van der Waals surface area (Å²) in [7, 11) is 0. The summed E-state index contributed by atoms with van der Waals surface area (Å²) < 4.78 is 0. The van der Waals surface area contributed by atoms with Crippen LogP contribution in [0.15, 0.2) is 0 Å². The van der Waals surface area contributed by atoms with Gasteiger partial charge in [-0.1, -0.05) is 40.0 Å². The first-order valence-corrected chi connectivity index (χ1v) is 5.84. The maximum Gasteiger partial charge on any atom is 0.0159 e. The van der Waals surface area contributed by atoms with Crippen LogP contribution in [0.25, 0.3) is 0 Å². The molecule has 0 radical (unpaired) electrons. The minimum Gasteiger partial charge on any atom is -0.325 e. The normalized spacial score (nSPS) is 35.3. The molecule has 1 aliphatic rings. The third-order valence-electron chi connectivity index (χ3n) is 3.37. The Morgan fingerprint density at radius 1 is 1.46 bits per heavy atom. The fraction of sp³-hybridized carbons (Fsp3) is 1.00. The zero-order valence-corrected chi connectivity index (χ0v) is 9.47. The van der Waals surface area contributed by atoms with Gasteiger partial charge in [-0.3, -0.25) is 0 Å². The SMILES string of the molecule is CCC1CCCC(N)(CC(C)C)C1. The maximum atomic E-state index is 6.43. The summed E-state index contributed by atoms with van der Waals surface area (Å²) in [5, 5.41) is 0. The Hall–Kier alpha value is -0.0400. The quantitative estimate of drug-likeness (QED) is 0.713. The molecule has 13 heavy (non-hydrogen) atoms. The van der Waals surface area contributed by atoms with Crippen molar-refractivity contribution in [2.45, 2.75) is 64.8 Å². The Labute approximate surface area is 83.1 Å². The highest BCUT2D eigenvalue weighted by atomic mass is 14.7. The van der Waals surface area contributed by atoms with Crippen LogP contribution < -0.4 is 5.73 Å². The monoisotopic (exact) mass is 183 g/mol. The summed E-state index contributed by atoms with van der Waals surface area (Å²) in [6.45, 7) is 6.86. The Morgan fingerprint density at radius 2 is 2.15 bits per heavy atom. The lowest BCUT2D eigenvalue weighted by atomic mass is 9.72. The Bertz CT molecular complexity index is 153. The Morgan fingerprint density at radius 3 is 2.69 bits per heavy atom. The molecule has 0 aromatic carbocycles. The minimum atomic E-state index is 0.174. The van der Waals surface area contributed by atoms with Gasteiger partial charge in [-0.05, 0) is 31.1 Å². The number of hydrogen-bond acceptors (Lipinski definition) is 1. The van der Waals surface area contributed by atoms with Gasteiger partial charge in [0.15, 0.2) is 0 Å². The highest BCUT2D eigenvalue weighted by molar-refractivity contribution is 4.90. The van der Waals surface area contributed by atoms with Crippen molar-refractivity contribution in [1.29, 1.82) is 0 Å². The molecule has 1 rings (SSSR count). The average molecular weight is 183 g/mol. The molecule has 0 aliphatic heterocycles. The molecule has 1 heteroatoms.